The lowest BCUT2D eigenvalue weighted by Crippen LogP contribution is -2.29. The van der Waals surface area contributed by atoms with Crippen LogP contribution in [0.5, 0.6) is 0 Å². The van der Waals surface area contributed by atoms with Crippen molar-refractivity contribution in [3.8, 4) is 0 Å². The molecule has 1 N–H and O–H groups in total. The largest absolute Gasteiger partial charge is 0.317 e. The first-order valence-electron chi connectivity index (χ1n) is 7.18. The molecule has 18 heavy (non-hydrogen) atoms. The molecule has 1 unspecified atom stereocenters. The van der Waals surface area contributed by atoms with E-state index in [-0.39, 0.29) is 0 Å². The van der Waals surface area contributed by atoms with Gasteiger partial charge in [0.05, 0.1) is 7.05 Å². The molecule has 102 valence electrons. The molecule has 0 aromatic carbocycles. The zero-order valence-corrected chi connectivity index (χ0v) is 11.6. The van der Waals surface area contributed by atoms with Crippen LogP contribution in [-0.4, -0.2) is 33.3 Å². The molecular formula is C13H25N5. The summed E-state index contributed by atoms with van der Waals surface area (Å²) in [6.07, 6.45) is 10.6. The number of tetrazole rings is 1. The molecule has 0 amide bonds. The molecule has 0 bridgehead atoms. The van der Waals surface area contributed by atoms with E-state index < -0.39 is 0 Å². The minimum absolute atomic E-state index is 0.483. The highest BCUT2D eigenvalue weighted by Gasteiger charge is 2.17. The first-order valence-corrected chi connectivity index (χ1v) is 7.18. The summed E-state index contributed by atoms with van der Waals surface area (Å²) < 4.78 is 0. The summed E-state index contributed by atoms with van der Waals surface area (Å²) in [5.41, 5.74) is 0. The Morgan fingerprint density at radius 2 is 2.11 bits per heavy atom. The fraction of sp³-hybridized carbons (Fsp3) is 0.923. The van der Waals surface area contributed by atoms with Gasteiger partial charge < -0.3 is 5.32 Å². The van der Waals surface area contributed by atoms with Gasteiger partial charge in [-0.05, 0) is 31.0 Å². The maximum Gasteiger partial charge on any atom is 0.176 e. The molecule has 0 saturated heterocycles. The Morgan fingerprint density at radius 3 is 2.72 bits per heavy atom. The molecule has 1 atom stereocenters. The third-order valence-corrected chi connectivity index (χ3v) is 4.04. The Kier molecular flexibility index (Phi) is 5.11. The monoisotopic (exact) mass is 251 g/mol. The van der Waals surface area contributed by atoms with E-state index in [1.807, 2.05) is 14.1 Å². The van der Waals surface area contributed by atoms with Crippen molar-refractivity contribution in [2.24, 2.45) is 13.0 Å². The quantitative estimate of drug-likeness (QED) is 0.836. The van der Waals surface area contributed by atoms with Gasteiger partial charge in [0, 0.05) is 12.5 Å². The Morgan fingerprint density at radius 1 is 1.33 bits per heavy atom. The third-order valence-electron chi connectivity index (χ3n) is 4.04. The molecule has 0 radical (unpaired) electrons. The van der Waals surface area contributed by atoms with Crippen molar-refractivity contribution in [3.63, 3.8) is 0 Å². The first kappa shape index (κ1) is 13.5. The molecule has 1 aliphatic carbocycles. The fourth-order valence-electron chi connectivity index (χ4n) is 2.89. The summed E-state index contributed by atoms with van der Waals surface area (Å²) >= 11 is 0. The van der Waals surface area contributed by atoms with Crippen LogP contribution in [0.3, 0.4) is 0 Å². The highest BCUT2D eigenvalue weighted by atomic mass is 15.6. The molecule has 1 saturated carbocycles. The van der Waals surface area contributed by atoms with E-state index in [1.165, 1.54) is 49.7 Å². The number of nitrogens with one attached hydrogen (secondary N) is 1. The smallest absolute Gasteiger partial charge is 0.176 e. The molecule has 0 spiro atoms. The van der Waals surface area contributed by atoms with Gasteiger partial charge >= 0.3 is 0 Å². The molecule has 1 aliphatic rings. The predicted octanol–water partition coefficient (Wildman–Crippen LogP) is 1.70. The maximum absolute atomic E-state index is 4.25. The van der Waals surface area contributed by atoms with Crippen molar-refractivity contribution < 1.29 is 0 Å². The van der Waals surface area contributed by atoms with Crippen LogP contribution in [0.25, 0.3) is 0 Å². The molecule has 1 fully saturated rings. The van der Waals surface area contributed by atoms with Crippen molar-refractivity contribution in [1.29, 1.82) is 0 Å². The van der Waals surface area contributed by atoms with Crippen LogP contribution >= 0.6 is 0 Å². The highest BCUT2D eigenvalue weighted by Crippen LogP contribution is 2.27. The van der Waals surface area contributed by atoms with Crippen molar-refractivity contribution >= 4 is 0 Å². The zero-order valence-electron chi connectivity index (χ0n) is 11.6. The lowest BCUT2D eigenvalue weighted by molar-refractivity contribution is 0.315. The fourth-order valence-corrected chi connectivity index (χ4v) is 2.89. The molecule has 1 aromatic heterocycles. The SMILES string of the molecule is CNC(CCC1CCCCC1)Cc1nnn(C)n1. The van der Waals surface area contributed by atoms with Gasteiger partial charge in [0.25, 0.3) is 0 Å². The molecule has 2 rings (SSSR count). The molecule has 1 heterocycles. The van der Waals surface area contributed by atoms with Gasteiger partial charge in [0.1, 0.15) is 0 Å². The Balaban J connectivity index is 1.74. The van der Waals surface area contributed by atoms with E-state index in [0.29, 0.717) is 6.04 Å². The van der Waals surface area contributed by atoms with Crippen LogP contribution in [0.1, 0.15) is 50.8 Å². The van der Waals surface area contributed by atoms with Gasteiger partial charge in [-0.15, -0.1) is 10.2 Å². The number of nitrogens with zero attached hydrogens (tertiary/aromatic N) is 4. The lowest BCUT2D eigenvalue weighted by Gasteiger charge is -2.23. The van der Waals surface area contributed by atoms with E-state index in [2.05, 4.69) is 20.7 Å². The van der Waals surface area contributed by atoms with Gasteiger partial charge in [-0.3, -0.25) is 0 Å². The van der Waals surface area contributed by atoms with Gasteiger partial charge in [-0.25, -0.2) is 0 Å². The van der Waals surface area contributed by atoms with E-state index >= 15 is 0 Å². The standard InChI is InChI=1S/C13H25N5/c1-14-12(10-13-15-17-18(2)16-13)9-8-11-6-4-3-5-7-11/h11-12,14H,3-10H2,1-2H3. The van der Waals surface area contributed by atoms with Crippen molar-refractivity contribution in [2.75, 3.05) is 7.05 Å². The summed E-state index contributed by atoms with van der Waals surface area (Å²) in [5, 5.41) is 15.6. The molecule has 0 aliphatic heterocycles. The van der Waals surface area contributed by atoms with Gasteiger partial charge in [0.2, 0.25) is 0 Å². The predicted molar refractivity (Wildman–Crippen MR) is 71.2 cm³/mol. The number of hydrogen-bond donors (Lipinski definition) is 1. The van der Waals surface area contributed by atoms with Gasteiger partial charge in [0.15, 0.2) is 5.82 Å². The number of aryl methyl sites for hydroxylation is 1. The number of aromatic nitrogens is 4. The normalized spacial score (nSPS) is 19.0. The van der Waals surface area contributed by atoms with Crippen molar-refractivity contribution in [2.45, 2.75) is 57.4 Å². The van der Waals surface area contributed by atoms with Crippen LogP contribution in [-0.2, 0) is 13.5 Å². The third kappa shape index (κ3) is 4.05. The number of rotatable bonds is 6. The zero-order chi connectivity index (χ0) is 12.8. The molecule has 5 heteroatoms. The van der Waals surface area contributed by atoms with E-state index in [9.17, 15) is 0 Å². The lowest BCUT2D eigenvalue weighted by atomic mass is 9.85. The minimum atomic E-state index is 0.483. The van der Waals surface area contributed by atoms with Crippen LogP contribution in [0.15, 0.2) is 0 Å². The Labute approximate surface area is 109 Å². The summed E-state index contributed by atoms with van der Waals surface area (Å²) in [7, 11) is 3.84. The van der Waals surface area contributed by atoms with Crippen molar-refractivity contribution in [3.05, 3.63) is 5.82 Å². The van der Waals surface area contributed by atoms with Crippen LogP contribution in [0.4, 0.5) is 0 Å². The minimum Gasteiger partial charge on any atom is -0.317 e. The average Bonchev–Trinajstić information content (AvgIpc) is 2.81. The van der Waals surface area contributed by atoms with Crippen LogP contribution < -0.4 is 5.32 Å². The first-order chi connectivity index (χ1) is 8.78. The van der Waals surface area contributed by atoms with E-state index in [1.54, 1.807) is 0 Å². The van der Waals surface area contributed by atoms with E-state index in [0.717, 1.165) is 18.2 Å². The Bertz CT molecular complexity index is 343. The molecule has 1 aromatic rings. The number of likely N-dealkylation sites (N-methyl/N-ethyl adjacent to an activating group) is 1. The molecular weight excluding hydrogens is 226 g/mol. The summed E-state index contributed by atoms with van der Waals surface area (Å²) in [6.45, 7) is 0. The maximum atomic E-state index is 4.25. The Hall–Kier alpha value is -0.970. The second-order valence-electron chi connectivity index (χ2n) is 5.47. The topological polar surface area (TPSA) is 55.6 Å². The van der Waals surface area contributed by atoms with Gasteiger partial charge in [-0.1, -0.05) is 32.1 Å². The van der Waals surface area contributed by atoms with Crippen LogP contribution in [0.2, 0.25) is 0 Å². The van der Waals surface area contributed by atoms with Crippen molar-refractivity contribution in [1.82, 2.24) is 25.5 Å². The van der Waals surface area contributed by atoms with Gasteiger partial charge in [-0.2, -0.15) is 4.80 Å². The summed E-state index contributed by atoms with van der Waals surface area (Å²) in [6, 6.07) is 0.483. The van der Waals surface area contributed by atoms with Crippen LogP contribution in [0, 0.1) is 5.92 Å². The highest BCUT2D eigenvalue weighted by molar-refractivity contribution is 4.84. The number of hydrogen-bond acceptors (Lipinski definition) is 4. The summed E-state index contributed by atoms with van der Waals surface area (Å²) in [5.74, 6) is 1.80. The summed E-state index contributed by atoms with van der Waals surface area (Å²) in [4.78, 5) is 1.53. The second-order valence-corrected chi connectivity index (χ2v) is 5.47. The molecule has 5 nitrogen and oxygen atoms in total. The second kappa shape index (κ2) is 6.83. The average molecular weight is 251 g/mol. The van der Waals surface area contributed by atoms with E-state index in [4.69, 9.17) is 0 Å².